The van der Waals surface area contributed by atoms with Crippen molar-refractivity contribution in [1.82, 2.24) is 4.90 Å². The summed E-state index contributed by atoms with van der Waals surface area (Å²) < 4.78 is 5.55. The molecule has 1 aromatic rings. The van der Waals surface area contributed by atoms with E-state index in [2.05, 4.69) is 6.92 Å². The van der Waals surface area contributed by atoms with Crippen LogP contribution in [-0.4, -0.2) is 43.4 Å². The Hall–Kier alpha value is -1.06. The number of aliphatic hydroxyl groups excluding tert-OH is 1. The van der Waals surface area contributed by atoms with Crippen molar-refractivity contribution < 1.29 is 9.84 Å². The second-order valence-corrected chi connectivity index (χ2v) is 3.69. The Balaban J connectivity index is 2.22. The van der Waals surface area contributed by atoms with E-state index in [1.54, 1.807) is 0 Å². The molecule has 15 heavy (non-hydrogen) atoms. The summed E-state index contributed by atoms with van der Waals surface area (Å²) in [7, 11) is 1.97. The third-order valence-corrected chi connectivity index (χ3v) is 2.24. The fraction of sp³-hybridized carbons (Fsp3) is 0.500. The Bertz CT molecular complexity index is 271. The maximum atomic E-state index is 8.70. The second kappa shape index (κ2) is 6.43. The van der Waals surface area contributed by atoms with Gasteiger partial charge in [-0.15, -0.1) is 0 Å². The van der Waals surface area contributed by atoms with E-state index in [-0.39, 0.29) is 6.61 Å². The van der Waals surface area contributed by atoms with Crippen molar-refractivity contribution in [3.05, 3.63) is 29.8 Å². The van der Waals surface area contributed by atoms with Crippen molar-refractivity contribution >= 4 is 0 Å². The summed E-state index contributed by atoms with van der Waals surface area (Å²) >= 11 is 0. The lowest BCUT2D eigenvalue weighted by Crippen LogP contribution is -2.27. The fourth-order valence-corrected chi connectivity index (χ4v) is 1.24. The molecule has 0 aliphatic rings. The quantitative estimate of drug-likeness (QED) is 0.766. The highest BCUT2D eigenvalue weighted by atomic mass is 16.5. The summed E-state index contributed by atoms with van der Waals surface area (Å²) in [5, 5.41) is 8.70. The largest absolute Gasteiger partial charge is 0.492 e. The van der Waals surface area contributed by atoms with Crippen LogP contribution in [0.25, 0.3) is 0 Å². The highest BCUT2D eigenvalue weighted by Crippen LogP contribution is 2.10. The van der Waals surface area contributed by atoms with Gasteiger partial charge in [-0.3, -0.25) is 0 Å². The molecule has 0 fully saturated rings. The van der Waals surface area contributed by atoms with E-state index in [4.69, 9.17) is 9.84 Å². The highest BCUT2D eigenvalue weighted by Gasteiger charge is 1.97. The predicted octanol–water partition coefficient (Wildman–Crippen LogP) is 1.30. The Labute approximate surface area is 91.3 Å². The zero-order valence-corrected chi connectivity index (χ0v) is 9.44. The van der Waals surface area contributed by atoms with Crippen LogP contribution in [0.1, 0.15) is 5.56 Å². The second-order valence-electron chi connectivity index (χ2n) is 3.69. The van der Waals surface area contributed by atoms with Gasteiger partial charge in [-0.1, -0.05) is 17.7 Å². The van der Waals surface area contributed by atoms with Crippen LogP contribution < -0.4 is 4.74 Å². The Morgan fingerprint density at radius 2 is 1.87 bits per heavy atom. The van der Waals surface area contributed by atoms with Gasteiger partial charge in [-0.25, -0.2) is 0 Å². The Kier molecular flexibility index (Phi) is 5.15. The molecule has 0 aliphatic carbocycles. The first-order chi connectivity index (χ1) is 7.22. The normalized spacial score (nSPS) is 10.7. The maximum absolute atomic E-state index is 8.70. The molecular formula is C12H19NO2. The lowest BCUT2D eigenvalue weighted by Gasteiger charge is -2.15. The van der Waals surface area contributed by atoms with E-state index < -0.39 is 0 Å². The van der Waals surface area contributed by atoms with Gasteiger partial charge < -0.3 is 14.7 Å². The lowest BCUT2D eigenvalue weighted by atomic mass is 10.2. The van der Waals surface area contributed by atoms with Crippen LogP contribution in [0.3, 0.4) is 0 Å². The highest BCUT2D eigenvalue weighted by molar-refractivity contribution is 5.26. The molecule has 84 valence electrons. The smallest absolute Gasteiger partial charge is 0.119 e. The molecule has 0 unspecified atom stereocenters. The van der Waals surface area contributed by atoms with Gasteiger partial charge >= 0.3 is 0 Å². The van der Waals surface area contributed by atoms with E-state index >= 15 is 0 Å². The van der Waals surface area contributed by atoms with E-state index in [0.29, 0.717) is 13.2 Å². The molecule has 0 spiro atoms. The molecule has 0 aliphatic heterocycles. The first-order valence-corrected chi connectivity index (χ1v) is 5.21. The molecule has 0 atom stereocenters. The number of likely N-dealkylation sites (N-methyl/N-ethyl adjacent to an activating group) is 1. The third-order valence-electron chi connectivity index (χ3n) is 2.24. The lowest BCUT2D eigenvalue weighted by molar-refractivity contribution is 0.192. The van der Waals surface area contributed by atoms with Gasteiger partial charge in [0.05, 0.1) is 6.61 Å². The van der Waals surface area contributed by atoms with Crippen molar-refractivity contribution in [2.24, 2.45) is 0 Å². The first kappa shape index (κ1) is 12.0. The molecule has 1 N–H and O–H groups in total. The molecule has 0 radical (unpaired) electrons. The van der Waals surface area contributed by atoms with Gasteiger partial charge in [-0.05, 0) is 26.1 Å². The number of aliphatic hydroxyl groups is 1. The van der Waals surface area contributed by atoms with Gasteiger partial charge in [-0.2, -0.15) is 0 Å². The van der Waals surface area contributed by atoms with Gasteiger partial charge in [0.25, 0.3) is 0 Å². The van der Waals surface area contributed by atoms with Crippen LogP contribution in [0.5, 0.6) is 5.75 Å². The summed E-state index contributed by atoms with van der Waals surface area (Å²) in [5.41, 5.74) is 1.24. The van der Waals surface area contributed by atoms with Crippen LogP contribution in [0.15, 0.2) is 24.3 Å². The molecule has 0 saturated heterocycles. The summed E-state index contributed by atoms with van der Waals surface area (Å²) in [6.07, 6.45) is 0. The van der Waals surface area contributed by atoms with Crippen molar-refractivity contribution in [2.45, 2.75) is 6.92 Å². The maximum Gasteiger partial charge on any atom is 0.119 e. The average molecular weight is 209 g/mol. The average Bonchev–Trinajstić information content (AvgIpc) is 2.21. The van der Waals surface area contributed by atoms with Gasteiger partial charge in [0, 0.05) is 13.1 Å². The fourth-order valence-electron chi connectivity index (χ4n) is 1.24. The Morgan fingerprint density at radius 1 is 1.20 bits per heavy atom. The summed E-state index contributed by atoms with van der Waals surface area (Å²) in [6, 6.07) is 8.02. The van der Waals surface area contributed by atoms with Crippen LogP contribution in [-0.2, 0) is 0 Å². The minimum atomic E-state index is 0.195. The van der Waals surface area contributed by atoms with Gasteiger partial charge in [0.2, 0.25) is 0 Å². The monoisotopic (exact) mass is 209 g/mol. The van der Waals surface area contributed by atoms with Crippen molar-refractivity contribution in [2.75, 3.05) is 33.4 Å². The number of hydrogen-bond donors (Lipinski definition) is 1. The number of ether oxygens (including phenoxy) is 1. The van der Waals surface area contributed by atoms with E-state index in [1.165, 1.54) is 5.56 Å². The molecular weight excluding hydrogens is 190 g/mol. The van der Waals surface area contributed by atoms with Crippen molar-refractivity contribution in [3.63, 3.8) is 0 Å². The molecule has 1 aromatic carbocycles. The minimum absolute atomic E-state index is 0.195. The molecule has 0 aromatic heterocycles. The number of rotatable bonds is 6. The summed E-state index contributed by atoms with van der Waals surface area (Å²) in [5.74, 6) is 0.901. The summed E-state index contributed by atoms with van der Waals surface area (Å²) in [4.78, 5) is 2.04. The number of benzene rings is 1. The van der Waals surface area contributed by atoms with Crippen LogP contribution in [0.4, 0.5) is 0 Å². The summed E-state index contributed by atoms with van der Waals surface area (Å²) in [6.45, 7) is 4.42. The zero-order chi connectivity index (χ0) is 11.1. The molecule has 1 rings (SSSR count). The van der Waals surface area contributed by atoms with Crippen LogP contribution in [0, 0.1) is 6.92 Å². The van der Waals surface area contributed by atoms with E-state index in [1.807, 2.05) is 36.2 Å². The Morgan fingerprint density at radius 3 is 2.47 bits per heavy atom. The molecule has 0 saturated carbocycles. The predicted molar refractivity (Wildman–Crippen MR) is 61.3 cm³/mol. The minimum Gasteiger partial charge on any atom is -0.492 e. The van der Waals surface area contributed by atoms with Crippen LogP contribution >= 0.6 is 0 Å². The van der Waals surface area contributed by atoms with Gasteiger partial charge in [0.1, 0.15) is 12.4 Å². The van der Waals surface area contributed by atoms with E-state index in [0.717, 1.165) is 12.3 Å². The SMILES string of the molecule is Cc1ccc(OCCN(C)CCO)cc1. The first-order valence-electron chi connectivity index (χ1n) is 5.21. The van der Waals surface area contributed by atoms with Gasteiger partial charge in [0.15, 0.2) is 0 Å². The topological polar surface area (TPSA) is 32.7 Å². The van der Waals surface area contributed by atoms with Crippen LogP contribution in [0.2, 0.25) is 0 Å². The van der Waals surface area contributed by atoms with Crippen molar-refractivity contribution in [3.8, 4) is 5.75 Å². The molecule has 3 heteroatoms. The number of nitrogens with zero attached hydrogens (tertiary/aromatic N) is 1. The van der Waals surface area contributed by atoms with Crippen molar-refractivity contribution in [1.29, 1.82) is 0 Å². The standard InChI is InChI=1S/C12H19NO2/c1-11-3-5-12(6-4-11)15-10-8-13(2)7-9-14/h3-6,14H,7-10H2,1-2H3. The number of aryl methyl sites for hydroxylation is 1. The number of hydrogen-bond acceptors (Lipinski definition) is 3. The molecule has 0 amide bonds. The third kappa shape index (κ3) is 4.81. The van der Waals surface area contributed by atoms with E-state index in [9.17, 15) is 0 Å². The zero-order valence-electron chi connectivity index (χ0n) is 9.44. The molecule has 3 nitrogen and oxygen atoms in total. The molecule has 0 heterocycles. The molecule has 0 bridgehead atoms.